The maximum atomic E-state index is 5.39. The minimum atomic E-state index is 0.599. The standard InChI is InChI=1S/C8H12O/c1-2-4-6-8-7(9-8)5-3-1/h1,3,7-8H,2,4-6H2/b3-1-. The molecule has 2 rings (SSSR count). The fraction of sp³-hybridized carbons (Fsp3) is 0.750. The van der Waals surface area contributed by atoms with Crippen LogP contribution in [0.5, 0.6) is 0 Å². The molecule has 1 heteroatoms. The Bertz CT molecular complexity index is 129. The predicted molar refractivity (Wildman–Crippen MR) is 36.3 cm³/mol. The van der Waals surface area contributed by atoms with Gasteiger partial charge in [-0.2, -0.15) is 0 Å². The highest BCUT2D eigenvalue weighted by molar-refractivity contribution is 4.96. The molecular formula is C8H12O. The molecule has 50 valence electrons. The molecule has 1 aliphatic carbocycles. The van der Waals surface area contributed by atoms with Crippen molar-refractivity contribution in [3.63, 3.8) is 0 Å². The second-order valence-electron chi connectivity index (χ2n) is 2.85. The molecular weight excluding hydrogens is 112 g/mol. The monoisotopic (exact) mass is 124 g/mol. The van der Waals surface area contributed by atoms with Crippen LogP contribution < -0.4 is 0 Å². The second-order valence-corrected chi connectivity index (χ2v) is 2.85. The molecule has 1 heterocycles. The number of epoxide rings is 1. The fourth-order valence-electron chi connectivity index (χ4n) is 1.43. The number of hydrogen-bond donors (Lipinski definition) is 0. The van der Waals surface area contributed by atoms with Crippen LogP contribution in [-0.2, 0) is 4.74 Å². The van der Waals surface area contributed by atoms with Crippen LogP contribution in [0.3, 0.4) is 0 Å². The summed E-state index contributed by atoms with van der Waals surface area (Å²) in [7, 11) is 0. The van der Waals surface area contributed by atoms with Crippen LogP contribution >= 0.6 is 0 Å². The van der Waals surface area contributed by atoms with Crippen LogP contribution in [0.15, 0.2) is 12.2 Å². The molecule has 0 aromatic heterocycles. The zero-order valence-corrected chi connectivity index (χ0v) is 5.55. The molecule has 1 saturated heterocycles. The van der Waals surface area contributed by atoms with E-state index in [2.05, 4.69) is 12.2 Å². The molecule has 2 atom stereocenters. The van der Waals surface area contributed by atoms with E-state index >= 15 is 0 Å². The normalized spacial score (nSPS) is 44.4. The van der Waals surface area contributed by atoms with Gasteiger partial charge in [0, 0.05) is 0 Å². The highest BCUT2D eigenvalue weighted by Crippen LogP contribution is 2.31. The van der Waals surface area contributed by atoms with E-state index in [4.69, 9.17) is 4.74 Å². The minimum absolute atomic E-state index is 0.599. The lowest BCUT2D eigenvalue weighted by Gasteiger charge is -1.95. The van der Waals surface area contributed by atoms with Crippen molar-refractivity contribution in [3.8, 4) is 0 Å². The lowest BCUT2D eigenvalue weighted by atomic mass is 10.1. The third kappa shape index (κ3) is 1.16. The largest absolute Gasteiger partial charge is 0.369 e. The van der Waals surface area contributed by atoms with Crippen LogP contribution in [0, 0.1) is 0 Å². The van der Waals surface area contributed by atoms with Gasteiger partial charge in [0.2, 0.25) is 0 Å². The Balaban J connectivity index is 1.93. The second kappa shape index (κ2) is 2.14. The highest BCUT2D eigenvalue weighted by atomic mass is 16.6. The van der Waals surface area contributed by atoms with Crippen molar-refractivity contribution >= 4 is 0 Å². The lowest BCUT2D eigenvalue weighted by Crippen LogP contribution is -1.94. The van der Waals surface area contributed by atoms with E-state index in [9.17, 15) is 0 Å². The highest BCUT2D eigenvalue weighted by Gasteiger charge is 2.36. The average Bonchev–Trinajstić information content (AvgIpc) is 2.46. The topological polar surface area (TPSA) is 12.5 Å². The molecule has 1 fully saturated rings. The Kier molecular flexibility index (Phi) is 1.31. The van der Waals surface area contributed by atoms with Crippen molar-refractivity contribution in [2.75, 3.05) is 0 Å². The Hall–Kier alpha value is -0.300. The summed E-state index contributed by atoms with van der Waals surface area (Å²) in [5.41, 5.74) is 0. The lowest BCUT2D eigenvalue weighted by molar-refractivity contribution is 0.362. The van der Waals surface area contributed by atoms with Gasteiger partial charge in [0.15, 0.2) is 0 Å². The summed E-state index contributed by atoms with van der Waals surface area (Å²) in [5.74, 6) is 0. The first-order valence-electron chi connectivity index (χ1n) is 3.77. The van der Waals surface area contributed by atoms with E-state index in [1.165, 1.54) is 19.3 Å². The molecule has 0 aromatic rings. The van der Waals surface area contributed by atoms with Gasteiger partial charge >= 0.3 is 0 Å². The van der Waals surface area contributed by atoms with E-state index in [0.29, 0.717) is 12.2 Å². The van der Waals surface area contributed by atoms with Crippen molar-refractivity contribution < 1.29 is 4.74 Å². The maximum Gasteiger partial charge on any atom is 0.0876 e. The van der Waals surface area contributed by atoms with Crippen molar-refractivity contribution in [2.45, 2.75) is 37.9 Å². The molecule has 0 saturated carbocycles. The number of hydrogen-bond acceptors (Lipinski definition) is 1. The van der Waals surface area contributed by atoms with E-state index in [0.717, 1.165) is 6.42 Å². The molecule has 0 amide bonds. The number of rotatable bonds is 0. The van der Waals surface area contributed by atoms with E-state index in [1.807, 2.05) is 0 Å². The van der Waals surface area contributed by atoms with Gasteiger partial charge in [-0.1, -0.05) is 12.2 Å². The van der Waals surface area contributed by atoms with Crippen molar-refractivity contribution in [1.82, 2.24) is 0 Å². The first-order valence-corrected chi connectivity index (χ1v) is 3.77. The molecule has 0 aromatic carbocycles. The Morgan fingerprint density at radius 3 is 3.22 bits per heavy atom. The van der Waals surface area contributed by atoms with E-state index in [-0.39, 0.29) is 0 Å². The first kappa shape index (κ1) is 5.48. The molecule has 0 bridgehead atoms. The van der Waals surface area contributed by atoms with Gasteiger partial charge in [-0.05, 0) is 25.7 Å². The number of allylic oxidation sites excluding steroid dienone is 1. The summed E-state index contributed by atoms with van der Waals surface area (Å²) in [4.78, 5) is 0. The van der Waals surface area contributed by atoms with Crippen molar-refractivity contribution in [2.24, 2.45) is 0 Å². The summed E-state index contributed by atoms with van der Waals surface area (Å²) < 4.78 is 5.39. The van der Waals surface area contributed by atoms with Gasteiger partial charge in [0.05, 0.1) is 12.2 Å². The molecule has 2 aliphatic rings. The van der Waals surface area contributed by atoms with Gasteiger partial charge in [0.25, 0.3) is 0 Å². The van der Waals surface area contributed by atoms with E-state index < -0.39 is 0 Å². The molecule has 1 nitrogen and oxygen atoms in total. The van der Waals surface area contributed by atoms with Gasteiger partial charge in [-0.3, -0.25) is 0 Å². The van der Waals surface area contributed by atoms with Crippen molar-refractivity contribution in [1.29, 1.82) is 0 Å². The first-order chi connectivity index (χ1) is 4.47. The molecule has 9 heavy (non-hydrogen) atoms. The zero-order chi connectivity index (χ0) is 6.10. The number of ether oxygens (including phenoxy) is 1. The van der Waals surface area contributed by atoms with Crippen LogP contribution in [0.4, 0.5) is 0 Å². The quantitative estimate of drug-likeness (QED) is 0.355. The predicted octanol–water partition coefficient (Wildman–Crippen LogP) is 1.88. The molecule has 2 unspecified atom stereocenters. The van der Waals surface area contributed by atoms with Gasteiger partial charge in [-0.25, -0.2) is 0 Å². The van der Waals surface area contributed by atoms with Gasteiger partial charge in [0.1, 0.15) is 0 Å². The van der Waals surface area contributed by atoms with Gasteiger partial charge in [-0.15, -0.1) is 0 Å². The SMILES string of the molecule is C1=C\CC2OC2CCC/1. The summed E-state index contributed by atoms with van der Waals surface area (Å²) in [6.45, 7) is 0. The summed E-state index contributed by atoms with van der Waals surface area (Å²) >= 11 is 0. The van der Waals surface area contributed by atoms with Crippen LogP contribution in [0.1, 0.15) is 25.7 Å². The fourth-order valence-corrected chi connectivity index (χ4v) is 1.43. The minimum Gasteiger partial charge on any atom is -0.369 e. The average molecular weight is 124 g/mol. The molecule has 0 radical (unpaired) electrons. The maximum absolute atomic E-state index is 5.39. The van der Waals surface area contributed by atoms with Crippen molar-refractivity contribution in [3.05, 3.63) is 12.2 Å². The molecule has 0 spiro atoms. The Morgan fingerprint density at radius 2 is 2.22 bits per heavy atom. The smallest absolute Gasteiger partial charge is 0.0876 e. The summed E-state index contributed by atoms with van der Waals surface area (Å²) in [6.07, 6.45) is 10.8. The molecule has 1 aliphatic heterocycles. The molecule has 0 N–H and O–H groups in total. The van der Waals surface area contributed by atoms with Crippen LogP contribution in [-0.4, -0.2) is 12.2 Å². The third-order valence-electron chi connectivity index (χ3n) is 2.08. The number of fused-ring (bicyclic) bond motifs is 1. The summed E-state index contributed by atoms with van der Waals surface area (Å²) in [6, 6.07) is 0. The summed E-state index contributed by atoms with van der Waals surface area (Å²) in [5, 5.41) is 0. The van der Waals surface area contributed by atoms with E-state index in [1.54, 1.807) is 0 Å². The third-order valence-corrected chi connectivity index (χ3v) is 2.08. The van der Waals surface area contributed by atoms with Crippen LogP contribution in [0.2, 0.25) is 0 Å². The Morgan fingerprint density at radius 1 is 1.22 bits per heavy atom. The van der Waals surface area contributed by atoms with Crippen LogP contribution in [0.25, 0.3) is 0 Å². The zero-order valence-electron chi connectivity index (χ0n) is 5.55. The Labute approximate surface area is 55.7 Å². The van der Waals surface area contributed by atoms with Gasteiger partial charge < -0.3 is 4.74 Å².